The Bertz CT molecular complexity index is 945. The molecular formula is C26H33N3O4. The van der Waals surface area contributed by atoms with E-state index < -0.39 is 0 Å². The molecule has 4 rings (SSSR count). The van der Waals surface area contributed by atoms with Gasteiger partial charge < -0.3 is 25.0 Å². The average molecular weight is 452 g/mol. The van der Waals surface area contributed by atoms with Crippen LogP contribution in [0, 0.1) is 5.92 Å². The molecule has 2 aromatic rings. The maximum absolute atomic E-state index is 12.7. The minimum absolute atomic E-state index is 0.0692. The van der Waals surface area contributed by atoms with Crippen LogP contribution in [-0.4, -0.2) is 56.1 Å². The number of carbonyl (C=O) groups excluding carboxylic acids is 2. The summed E-state index contributed by atoms with van der Waals surface area (Å²) in [6, 6.07) is 14.7. The number of ether oxygens (including phenoxy) is 2. The fraction of sp³-hybridized carbons (Fsp3) is 0.462. The molecule has 2 aliphatic heterocycles. The van der Waals surface area contributed by atoms with E-state index in [9.17, 15) is 9.59 Å². The summed E-state index contributed by atoms with van der Waals surface area (Å²) in [4.78, 5) is 27.5. The number of amides is 2. The average Bonchev–Trinajstić information content (AvgIpc) is 2.86. The number of fused-ring (bicyclic) bond motifs is 1. The molecule has 2 aliphatic rings. The number of nitrogens with zero attached hydrogens (tertiary/aromatic N) is 1. The van der Waals surface area contributed by atoms with Gasteiger partial charge in [0.25, 0.3) is 11.8 Å². The van der Waals surface area contributed by atoms with Crippen molar-refractivity contribution in [3.8, 4) is 11.5 Å². The molecule has 176 valence electrons. The highest BCUT2D eigenvalue weighted by Crippen LogP contribution is 2.30. The third kappa shape index (κ3) is 6.05. The summed E-state index contributed by atoms with van der Waals surface area (Å²) in [6.45, 7) is 2.99. The highest BCUT2D eigenvalue weighted by atomic mass is 16.5. The van der Waals surface area contributed by atoms with Crippen molar-refractivity contribution in [2.75, 3.05) is 38.7 Å². The van der Waals surface area contributed by atoms with Crippen LogP contribution in [0.15, 0.2) is 48.5 Å². The van der Waals surface area contributed by atoms with E-state index in [-0.39, 0.29) is 18.4 Å². The zero-order chi connectivity index (χ0) is 23.0. The van der Waals surface area contributed by atoms with E-state index in [0.29, 0.717) is 34.7 Å². The van der Waals surface area contributed by atoms with Crippen LogP contribution in [0.1, 0.15) is 42.5 Å². The molecule has 0 spiro atoms. The number of piperidine rings is 2. The van der Waals surface area contributed by atoms with Gasteiger partial charge in [-0.15, -0.1) is 0 Å². The van der Waals surface area contributed by atoms with Gasteiger partial charge >= 0.3 is 0 Å². The Kier molecular flexibility index (Phi) is 7.83. The summed E-state index contributed by atoms with van der Waals surface area (Å²) in [7, 11) is 1.56. The fourth-order valence-corrected chi connectivity index (χ4v) is 4.92. The summed E-state index contributed by atoms with van der Waals surface area (Å²) < 4.78 is 10.8. The van der Waals surface area contributed by atoms with Crippen molar-refractivity contribution in [2.45, 2.75) is 38.1 Å². The lowest BCUT2D eigenvalue weighted by molar-refractivity contribution is -0.118. The number of hydrogen-bond donors (Lipinski definition) is 2. The summed E-state index contributed by atoms with van der Waals surface area (Å²) >= 11 is 0. The number of rotatable bonds is 8. The first-order valence-corrected chi connectivity index (χ1v) is 11.8. The molecule has 0 bridgehead atoms. The van der Waals surface area contributed by atoms with Crippen molar-refractivity contribution in [3.63, 3.8) is 0 Å². The number of anilines is 1. The maximum Gasteiger partial charge on any atom is 0.262 e. The van der Waals surface area contributed by atoms with Gasteiger partial charge in [0.05, 0.1) is 7.11 Å². The molecule has 0 aliphatic carbocycles. The standard InChI is InChI=1S/C26H33N3O4/c1-32-23-9-2-3-10-24(23)33-18-25(30)28-21-13-11-19(12-14-21)26(31)27-17-20-7-6-16-29-15-5-4-8-22(20)29/h2-3,9-14,20,22H,4-8,15-18H2,1H3,(H,27,31)(H,28,30)/t20-,22+/m0/s1. The second kappa shape index (κ2) is 11.2. The largest absolute Gasteiger partial charge is 0.493 e. The smallest absolute Gasteiger partial charge is 0.262 e. The van der Waals surface area contributed by atoms with Crippen LogP contribution in [0.3, 0.4) is 0 Å². The zero-order valence-corrected chi connectivity index (χ0v) is 19.2. The Labute approximate surface area is 195 Å². The minimum Gasteiger partial charge on any atom is -0.493 e. The van der Waals surface area contributed by atoms with Crippen LogP contribution in [0.5, 0.6) is 11.5 Å². The van der Waals surface area contributed by atoms with Crippen molar-refractivity contribution >= 4 is 17.5 Å². The van der Waals surface area contributed by atoms with Gasteiger partial charge in [-0.3, -0.25) is 9.59 Å². The highest BCUT2D eigenvalue weighted by molar-refractivity contribution is 5.96. The van der Waals surface area contributed by atoms with Crippen LogP contribution >= 0.6 is 0 Å². The van der Waals surface area contributed by atoms with Gasteiger partial charge in [-0.1, -0.05) is 18.6 Å². The van der Waals surface area contributed by atoms with E-state index >= 15 is 0 Å². The van der Waals surface area contributed by atoms with Gasteiger partial charge in [0, 0.05) is 23.8 Å². The van der Waals surface area contributed by atoms with Crippen LogP contribution < -0.4 is 20.1 Å². The SMILES string of the molecule is COc1ccccc1OCC(=O)Nc1ccc(C(=O)NC[C@@H]2CCCN3CCCC[C@H]23)cc1. The topological polar surface area (TPSA) is 79.9 Å². The van der Waals surface area contributed by atoms with Gasteiger partial charge in [0.1, 0.15) is 0 Å². The van der Waals surface area contributed by atoms with Crippen LogP contribution in [0.25, 0.3) is 0 Å². The Morgan fingerprint density at radius 2 is 1.73 bits per heavy atom. The lowest BCUT2D eigenvalue weighted by Gasteiger charge is -2.44. The van der Waals surface area contributed by atoms with Crippen molar-refractivity contribution in [2.24, 2.45) is 5.92 Å². The molecule has 2 N–H and O–H groups in total. The van der Waals surface area contributed by atoms with Gasteiger partial charge in [0.15, 0.2) is 18.1 Å². The van der Waals surface area contributed by atoms with Gasteiger partial charge in [0.2, 0.25) is 0 Å². The number of hydrogen-bond acceptors (Lipinski definition) is 5. The first-order valence-electron chi connectivity index (χ1n) is 11.8. The molecule has 2 amide bonds. The molecule has 0 unspecified atom stereocenters. The monoisotopic (exact) mass is 451 g/mol. The number of para-hydroxylation sites is 2. The molecule has 33 heavy (non-hydrogen) atoms. The minimum atomic E-state index is -0.285. The number of methoxy groups -OCH3 is 1. The van der Waals surface area contributed by atoms with Crippen molar-refractivity contribution in [1.29, 1.82) is 0 Å². The predicted molar refractivity (Wildman–Crippen MR) is 128 cm³/mol. The molecule has 0 radical (unpaired) electrons. The van der Waals surface area contributed by atoms with E-state index in [0.717, 1.165) is 6.54 Å². The van der Waals surface area contributed by atoms with Gasteiger partial charge in [-0.05, 0) is 81.1 Å². The van der Waals surface area contributed by atoms with Gasteiger partial charge in [-0.2, -0.15) is 0 Å². The Morgan fingerprint density at radius 3 is 2.52 bits per heavy atom. The van der Waals surface area contributed by atoms with E-state index in [4.69, 9.17) is 9.47 Å². The van der Waals surface area contributed by atoms with Crippen LogP contribution in [0.4, 0.5) is 5.69 Å². The van der Waals surface area contributed by atoms with Crippen molar-refractivity contribution < 1.29 is 19.1 Å². The maximum atomic E-state index is 12.7. The molecule has 0 aromatic heterocycles. The Hall–Kier alpha value is -3.06. The second-order valence-corrected chi connectivity index (χ2v) is 8.78. The van der Waals surface area contributed by atoms with Crippen molar-refractivity contribution in [1.82, 2.24) is 10.2 Å². The first-order chi connectivity index (χ1) is 16.1. The van der Waals surface area contributed by atoms with E-state index in [1.807, 2.05) is 12.1 Å². The second-order valence-electron chi connectivity index (χ2n) is 8.78. The highest BCUT2D eigenvalue weighted by Gasteiger charge is 2.32. The Morgan fingerprint density at radius 1 is 0.970 bits per heavy atom. The molecule has 2 atom stereocenters. The van der Waals surface area contributed by atoms with Gasteiger partial charge in [-0.25, -0.2) is 0 Å². The fourth-order valence-electron chi connectivity index (χ4n) is 4.92. The molecule has 7 heteroatoms. The summed E-state index contributed by atoms with van der Waals surface area (Å²) in [5.41, 5.74) is 1.21. The molecular weight excluding hydrogens is 418 g/mol. The summed E-state index contributed by atoms with van der Waals surface area (Å²) in [5.74, 6) is 1.26. The third-order valence-electron chi connectivity index (χ3n) is 6.61. The third-order valence-corrected chi connectivity index (χ3v) is 6.61. The summed E-state index contributed by atoms with van der Waals surface area (Å²) in [5, 5.41) is 5.92. The number of nitrogens with one attached hydrogen (secondary N) is 2. The van der Waals surface area contributed by atoms with Crippen LogP contribution in [0.2, 0.25) is 0 Å². The summed E-state index contributed by atoms with van der Waals surface area (Å²) in [6.07, 6.45) is 6.24. The molecule has 2 aromatic carbocycles. The van der Waals surface area contributed by atoms with Crippen LogP contribution in [-0.2, 0) is 4.79 Å². The lowest BCUT2D eigenvalue weighted by Crippen LogP contribution is -2.51. The molecule has 2 fully saturated rings. The normalized spacial score (nSPS) is 20.4. The van der Waals surface area contributed by atoms with E-state index in [1.54, 1.807) is 43.5 Å². The van der Waals surface area contributed by atoms with E-state index in [2.05, 4.69) is 15.5 Å². The van der Waals surface area contributed by atoms with E-state index in [1.165, 1.54) is 45.2 Å². The lowest BCUT2D eigenvalue weighted by atomic mass is 9.83. The molecule has 2 heterocycles. The first kappa shape index (κ1) is 23.1. The predicted octanol–water partition coefficient (Wildman–Crippen LogP) is 3.71. The number of benzene rings is 2. The molecule has 0 saturated carbocycles. The Balaban J connectivity index is 1.24. The number of carbonyl (C=O) groups is 2. The zero-order valence-electron chi connectivity index (χ0n) is 19.2. The molecule has 2 saturated heterocycles. The van der Waals surface area contributed by atoms with Crippen molar-refractivity contribution in [3.05, 3.63) is 54.1 Å². The quantitative estimate of drug-likeness (QED) is 0.640. The molecule has 7 nitrogen and oxygen atoms in total.